The van der Waals surface area contributed by atoms with E-state index in [4.69, 9.17) is 4.74 Å². The van der Waals surface area contributed by atoms with Crippen LogP contribution in [0.3, 0.4) is 0 Å². The van der Waals surface area contributed by atoms with E-state index in [1.54, 1.807) is 0 Å². The highest BCUT2D eigenvalue weighted by molar-refractivity contribution is 5.79. The Labute approximate surface area is 155 Å². The molecule has 2 unspecified atom stereocenters. The summed E-state index contributed by atoms with van der Waals surface area (Å²) in [6.45, 7) is 14.8. The molecule has 0 saturated carbocycles. The summed E-state index contributed by atoms with van der Waals surface area (Å²) in [7, 11) is 6.11. The van der Waals surface area contributed by atoms with Gasteiger partial charge in [0, 0.05) is 45.8 Å². The van der Waals surface area contributed by atoms with E-state index in [-0.39, 0.29) is 6.10 Å². The van der Waals surface area contributed by atoms with E-state index >= 15 is 0 Å². The average molecular weight is 356 g/mol. The summed E-state index contributed by atoms with van der Waals surface area (Å²) in [6.07, 6.45) is 1.40. The van der Waals surface area contributed by atoms with Crippen LogP contribution in [0.25, 0.3) is 0 Å². The first-order valence-electron chi connectivity index (χ1n) is 9.76. The number of likely N-dealkylation sites (N-methyl/N-ethyl adjacent to an activating group) is 1. The van der Waals surface area contributed by atoms with Crippen LogP contribution in [0.15, 0.2) is 4.99 Å². The summed E-state index contributed by atoms with van der Waals surface area (Å²) in [6, 6.07) is 0.506. The molecule has 25 heavy (non-hydrogen) atoms. The fourth-order valence-electron chi connectivity index (χ4n) is 3.25. The second-order valence-electron chi connectivity index (χ2n) is 8.23. The average Bonchev–Trinajstić information content (AvgIpc) is 2.53. The molecule has 2 N–H and O–H groups in total. The summed E-state index contributed by atoms with van der Waals surface area (Å²) in [5.74, 6) is 2.25. The maximum Gasteiger partial charge on any atom is 0.191 e. The molecule has 1 rings (SSSR count). The van der Waals surface area contributed by atoms with Gasteiger partial charge >= 0.3 is 0 Å². The summed E-state index contributed by atoms with van der Waals surface area (Å²) in [4.78, 5) is 9.14. The Balaban J connectivity index is 2.38. The number of hydrogen-bond acceptors (Lipinski definition) is 4. The van der Waals surface area contributed by atoms with E-state index in [0.29, 0.717) is 17.9 Å². The van der Waals surface area contributed by atoms with Gasteiger partial charge in [-0.1, -0.05) is 27.7 Å². The van der Waals surface area contributed by atoms with E-state index in [0.717, 1.165) is 45.3 Å². The van der Waals surface area contributed by atoms with Crippen LogP contribution in [-0.2, 0) is 4.74 Å². The molecule has 148 valence electrons. The molecule has 1 saturated heterocycles. The lowest BCUT2D eigenvalue weighted by atomic mass is 10.0. The zero-order valence-corrected chi connectivity index (χ0v) is 17.5. The standard InChI is InChI=1S/C19H41N5O/c1-15(2)10-17(23(6)7)11-21-19(20-5)22-12-18-14-24(8-9-25-18)13-16(3)4/h15-18H,8-14H2,1-7H3,(H2,20,21,22). The van der Waals surface area contributed by atoms with Crippen LogP contribution >= 0.6 is 0 Å². The maximum atomic E-state index is 5.91. The van der Waals surface area contributed by atoms with Gasteiger partial charge in [-0.25, -0.2) is 0 Å². The minimum absolute atomic E-state index is 0.228. The number of rotatable bonds is 9. The van der Waals surface area contributed by atoms with Crippen molar-refractivity contribution in [3.05, 3.63) is 0 Å². The summed E-state index contributed by atoms with van der Waals surface area (Å²) in [5, 5.41) is 6.90. The minimum atomic E-state index is 0.228. The molecule has 2 atom stereocenters. The topological polar surface area (TPSA) is 52.1 Å². The Kier molecular flexibility index (Phi) is 10.4. The number of morpholine rings is 1. The molecule has 6 nitrogen and oxygen atoms in total. The molecule has 0 bridgehead atoms. The van der Waals surface area contributed by atoms with E-state index < -0.39 is 0 Å². The number of aliphatic imine (C=N–C) groups is 1. The molecule has 6 heteroatoms. The summed E-state index contributed by atoms with van der Waals surface area (Å²) < 4.78 is 5.91. The zero-order valence-electron chi connectivity index (χ0n) is 17.5. The van der Waals surface area contributed by atoms with Crippen molar-refractivity contribution in [2.45, 2.75) is 46.3 Å². The first-order chi connectivity index (χ1) is 11.8. The van der Waals surface area contributed by atoms with Crippen molar-refractivity contribution in [1.29, 1.82) is 0 Å². The lowest BCUT2D eigenvalue weighted by Gasteiger charge is -2.34. The van der Waals surface area contributed by atoms with Gasteiger partial charge in [0.2, 0.25) is 0 Å². The summed E-state index contributed by atoms with van der Waals surface area (Å²) >= 11 is 0. The third-order valence-corrected chi connectivity index (χ3v) is 4.55. The zero-order chi connectivity index (χ0) is 18.8. The van der Waals surface area contributed by atoms with Crippen LogP contribution in [0.2, 0.25) is 0 Å². The molecular weight excluding hydrogens is 314 g/mol. The molecule has 0 aromatic heterocycles. The molecule has 1 fully saturated rings. The fraction of sp³-hybridized carbons (Fsp3) is 0.947. The molecular formula is C19H41N5O. The molecule has 0 aromatic carbocycles. The van der Waals surface area contributed by atoms with Gasteiger partial charge in [-0.3, -0.25) is 9.89 Å². The highest BCUT2D eigenvalue weighted by Gasteiger charge is 2.21. The van der Waals surface area contributed by atoms with Crippen LogP contribution in [0, 0.1) is 11.8 Å². The molecule has 1 heterocycles. The normalized spacial score (nSPS) is 21.2. The number of nitrogens with one attached hydrogen (secondary N) is 2. The minimum Gasteiger partial charge on any atom is -0.374 e. The predicted molar refractivity (Wildman–Crippen MR) is 107 cm³/mol. The van der Waals surface area contributed by atoms with Crippen molar-refractivity contribution in [3.8, 4) is 0 Å². The van der Waals surface area contributed by atoms with Crippen LogP contribution in [0.1, 0.15) is 34.1 Å². The molecule has 0 radical (unpaired) electrons. The molecule has 0 aromatic rings. The van der Waals surface area contributed by atoms with Crippen molar-refractivity contribution < 1.29 is 4.74 Å². The Morgan fingerprint density at radius 1 is 1.20 bits per heavy atom. The van der Waals surface area contributed by atoms with E-state index in [9.17, 15) is 0 Å². The number of ether oxygens (including phenoxy) is 1. The van der Waals surface area contributed by atoms with Crippen molar-refractivity contribution in [1.82, 2.24) is 20.4 Å². The van der Waals surface area contributed by atoms with Gasteiger partial charge in [0.25, 0.3) is 0 Å². The van der Waals surface area contributed by atoms with Gasteiger partial charge in [-0.15, -0.1) is 0 Å². The smallest absolute Gasteiger partial charge is 0.191 e. The second-order valence-corrected chi connectivity index (χ2v) is 8.23. The third kappa shape index (κ3) is 9.42. The SMILES string of the molecule is CN=C(NCC1CN(CC(C)C)CCO1)NCC(CC(C)C)N(C)C. The molecule has 0 amide bonds. The van der Waals surface area contributed by atoms with Crippen LogP contribution in [0.5, 0.6) is 0 Å². The largest absolute Gasteiger partial charge is 0.374 e. The second kappa shape index (κ2) is 11.7. The lowest BCUT2D eigenvalue weighted by molar-refractivity contribution is -0.0284. The van der Waals surface area contributed by atoms with Gasteiger partial charge < -0.3 is 20.3 Å². The molecule has 1 aliphatic heterocycles. The van der Waals surface area contributed by atoms with Crippen molar-refractivity contribution in [2.24, 2.45) is 16.8 Å². The highest BCUT2D eigenvalue weighted by Crippen LogP contribution is 2.09. The van der Waals surface area contributed by atoms with Crippen molar-refractivity contribution in [2.75, 3.05) is 60.5 Å². The quantitative estimate of drug-likeness (QED) is 0.485. The first-order valence-corrected chi connectivity index (χ1v) is 9.76. The van der Waals surface area contributed by atoms with Gasteiger partial charge in [0.05, 0.1) is 12.7 Å². The van der Waals surface area contributed by atoms with E-state index in [2.05, 4.69) is 67.2 Å². The highest BCUT2D eigenvalue weighted by atomic mass is 16.5. The molecule has 1 aliphatic rings. The van der Waals surface area contributed by atoms with E-state index in [1.165, 1.54) is 6.42 Å². The lowest BCUT2D eigenvalue weighted by Crippen LogP contribution is -2.51. The fourth-order valence-corrected chi connectivity index (χ4v) is 3.25. The van der Waals surface area contributed by atoms with Crippen LogP contribution in [0.4, 0.5) is 0 Å². The molecule has 0 aliphatic carbocycles. The predicted octanol–water partition coefficient (Wildman–Crippen LogP) is 1.48. The first kappa shape index (κ1) is 22.2. The van der Waals surface area contributed by atoms with Gasteiger partial charge in [-0.05, 0) is 32.4 Å². The third-order valence-electron chi connectivity index (χ3n) is 4.55. The van der Waals surface area contributed by atoms with Crippen molar-refractivity contribution in [3.63, 3.8) is 0 Å². The summed E-state index contributed by atoms with van der Waals surface area (Å²) in [5.41, 5.74) is 0. The van der Waals surface area contributed by atoms with Gasteiger partial charge in [0.1, 0.15) is 0 Å². The Bertz CT molecular complexity index is 384. The monoisotopic (exact) mass is 355 g/mol. The Morgan fingerprint density at radius 3 is 2.48 bits per heavy atom. The van der Waals surface area contributed by atoms with Crippen LogP contribution in [-0.4, -0.2) is 88.4 Å². The Hall–Kier alpha value is -0.850. The Morgan fingerprint density at radius 2 is 1.92 bits per heavy atom. The number of guanidine groups is 1. The maximum absolute atomic E-state index is 5.91. The number of hydrogen-bond donors (Lipinski definition) is 2. The van der Waals surface area contributed by atoms with Crippen molar-refractivity contribution >= 4 is 5.96 Å². The van der Waals surface area contributed by atoms with E-state index in [1.807, 2.05) is 7.05 Å². The van der Waals surface area contributed by atoms with Gasteiger partial charge in [-0.2, -0.15) is 0 Å². The number of nitrogens with zero attached hydrogens (tertiary/aromatic N) is 3. The molecule has 0 spiro atoms. The van der Waals surface area contributed by atoms with Crippen LogP contribution < -0.4 is 10.6 Å². The van der Waals surface area contributed by atoms with Gasteiger partial charge in [0.15, 0.2) is 5.96 Å².